The third-order valence-electron chi connectivity index (χ3n) is 3.75. The molecule has 2 heterocycles. The van der Waals surface area contributed by atoms with Gasteiger partial charge in [0.15, 0.2) is 0 Å². The summed E-state index contributed by atoms with van der Waals surface area (Å²) in [6, 6.07) is 0. The molecule has 0 aliphatic carbocycles. The third-order valence-corrected chi connectivity index (χ3v) is 5.16. The number of nitrogens with zero attached hydrogens (tertiary/aromatic N) is 2. The second-order valence-electron chi connectivity index (χ2n) is 6.67. The van der Waals surface area contributed by atoms with E-state index in [1.54, 1.807) is 0 Å². The summed E-state index contributed by atoms with van der Waals surface area (Å²) in [5.41, 5.74) is 0.229. The van der Waals surface area contributed by atoms with Crippen LogP contribution in [0.4, 0.5) is 0 Å². The molecule has 4 heteroatoms. The Hall–Kier alpha value is -0.450. The van der Waals surface area contributed by atoms with Crippen LogP contribution in [0.3, 0.4) is 0 Å². The lowest BCUT2D eigenvalue weighted by Gasteiger charge is -2.32. The Labute approximate surface area is 121 Å². The van der Waals surface area contributed by atoms with Gasteiger partial charge in [-0.05, 0) is 44.3 Å². The van der Waals surface area contributed by atoms with E-state index in [9.17, 15) is 0 Å². The standard InChI is InChI=1S/C15H27N3S/c1-15(2,3)13-9-17-14(19-13)11-18-7-5-6-12(10-18)8-16-4/h9,12,16H,5-8,10-11H2,1-4H3. The van der Waals surface area contributed by atoms with Gasteiger partial charge >= 0.3 is 0 Å². The van der Waals surface area contributed by atoms with E-state index in [0.717, 1.165) is 19.0 Å². The minimum absolute atomic E-state index is 0.229. The minimum Gasteiger partial charge on any atom is -0.319 e. The normalized spacial score (nSPS) is 21.8. The Morgan fingerprint density at radius 2 is 2.26 bits per heavy atom. The highest BCUT2D eigenvalue weighted by atomic mass is 32.1. The van der Waals surface area contributed by atoms with Crippen LogP contribution in [0.25, 0.3) is 0 Å². The summed E-state index contributed by atoms with van der Waals surface area (Å²) < 4.78 is 0. The van der Waals surface area contributed by atoms with Crippen LogP contribution in [-0.2, 0) is 12.0 Å². The highest BCUT2D eigenvalue weighted by Gasteiger charge is 2.22. The van der Waals surface area contributed by atoms with Crippen LogP contribution in [0.2, 0.25) is 0 Å². The van der Waals surface area contributed by atoms with Gasteiger partial charge in [0.25, 0.3) is 0 Å². The summed E-state index contributed by atoms with van der Waals surface area (Å²) >= 11 is 1.88. The number of hydrogen-bond acceptors (Lipinski definition) is 4. The van der Waals surface area contributed by atoms with E-state index in [1.807, 2.05) is 11.3 Å². The van der Waals surface area contributed by atoms with Crippen LogP contribution in [0.1, 0.15) is 43.5 Å². The zero-order chi connectivity index (χ0) is 13.9. The molecule has 1 aromatic rings. The fourth-order valence-electron chi connectivity index (χ4n) is 2.67. The molecule has 1 N–H and O–H groups in total. The molecule has 0 radical (unpaired) electrons. The molecule has 1 aliphatic heterocycles. The molecular formula is C15H27N3S. The SMILES string of the molecule is CNCC1CCCN(Cc2ncc(C(C)(C)C)s2)C1. The van der Waals surface area contributed by atoms with Gasteiger partial charge in [-0.1, -0.05) is 20.8 Å². The molecule has 0 spiro atoms. The van der Waals surface area contributed by atoms with Gasteiger partial charge in [0, 0.05) is 17.6 Å². The second kappa shape index (κ2) is 6.33. The van der Waals surface area contributed by atoms with Gasteiger partial charge in [-0.3, -0.25) is 4.90 Å². The average Bonchev–Trinajstić information content (AvgIpc) is 2.78. The van der Waals surface area contributed by atoms with Crippen molar-refractivity contribution >= 4 is 11.3 Å². The molecule has 0 amide bonds. The summed E-state index contributed by atoms with van der Waals surface area (Å²) in [7, 11) is 2.05. The zero-order valence-corrected chi connectivity index (χ0v) is 13.5. The van der Waals surface area contributed by atoms with Gasteiger partial charge in [-0.25, -0.2) is 4.98 Å². The van der Waals surface area contributed by atoms with Crippen molar-refractivity contribution < 1.29 is 0 Å². The fourth-order valence-corrected chi connectivity index (χ4v) is 3.69. The number of thiazole rings is 1. The summed E-state index contributed by atoms with van der Waals surface area (Å²) in [5.74, 6) is 0.806. The first-order valence-corrected chi connectivity index (χ1v) is 8.13. The van der Waals surface area contributed by atoms with E-state index in [-0.39, 0.29) is 5.41 Å². The van der Waals surface area contributed by atoms with E-state index in [1.165, 1.54) is 35.8 Å². The van der Waals surface area contributed by atoms with Crippen LogP contribution in [0, 0.1) is 5.92 Å². The molecule has 1 fully saturated rings. The molecule has 1 aromatic heterocycles. The molecule has 108 valence electrons. The Morgan fingerprint density at radius 3 is 2.89 bits per heavy atom. The van der Waals surface area contributed by atoms with Gasteiger partial charge in [-0.15, -0.1) is 11.3 Å². The van der Waals surface area contributed by atoms with Crippen LogP contribution < -0.4 is 5.32 Å². The molecule has 3 nitrogen and oxygen atoms in total. The number of aromatic nitrogens is 1. The van der Waals surface area contributed by atoms with Crippen molar-refractivity contribution in [2.75, 3.05) is 26.7 Å². The summed E-state index contributed by atoms with van der Waals surface area (Å²) in [6.07, 6.45) is 4.75. The van der Waals surface area contributed by atoms with Gasteiger partial charge in [0.1, 0.15) is 5.01 Å². The number of rotatable bonds is 4. The molecule has 1 unspecified atom stereocenters. The van der Waals surface area contributed by atoms with Crippen molar-refractivity contribution in [1.82, 2.24) is 15.2 Å². The lowest BCUT2D eigenvalue weighted by molar-refractivity contribution is 0.166. The lowest BCUT2D eigenvalue weighted by Crippen LogP contribution is -2.38. The molecule has 0 bridgehead atoms. The Bertz CT molecular complexity index is 392. The van der Waals surface area contributed by atoms with Crippen molar-refractivity contribution in [3.63, 3.8) is 0 Å². The second-order valence-corrected chi connectivity index (χ2v) is 7.78. The molecule has 1 atom stereocenters. The Morgan fingerprint density at radius 1 is 1.47 bits per heavy atom. The van der Waals surface area contributed by atoms with Crippen LogP contribution >= 0.6 is 11.3 Å². The van der Waals surface area contributed by atoms with Gasteiger partial charge in [-0.2, -0.15) is 0 Å². The van der Waals surface area contributed by atoms with Crippen molar-refractivity contribution in [1.29, 1.82) is 0 Å². The van der Waals surface area contributed by atoms with Crippen molar-refractivity contribution in [3.8, 4) is 0 Å². The number of hydrogen-bond donors (Lipinski definition) is 1. The summed E-state index contributed by atoms with van der Waals surface area (Å²) in [5, 5.41) is 4.58. The molecular weight excluding hydrogens is 254 g/mol. The first-order chi connectivity index (χ1) is 8.99. The van der Waals surface area contributed by atoms with E-state index < -0.39 is 0 Å². The van der Waals surface area contributed by atoms with Crippen LogP contribution in [-0.4, -0.2) is 36.6 Å². The number of likely N-dealkylation sites (tertiary alicyclic amines) is 1. The number of piperidine rings is 1. The maximum atomic E-state index is 4.61. The van der Waals surface area contributed by atoms with E-state index in [0.29, 0.717) is 0 Å². The predicted molar refractivity (Wildman–Crippen MR) is 82.7 cm³/mol. The van der Waals surface area contributed by atoms with Gasteiger partial charge in [0.05, 0.1) is 6.54 Å². The van der Waals surface area contributed by atoms with Crippen molar-refractivity contribution in [2.45, 2.75) is 45.6 Å². The molecule has 19 heavy (non-hydrogen) atoms. The quantitative estimate of drug-likeness (QED) is 0.920. The molecule has 2 rings (SSSR count). The van der Waals surface area contributed by atoms with Gasteiger partial charge < -0.3 is 5.32 Å². The average molecular weight is 281 g/mol. The van der Waals surface area contributed by atoms with Gasteiger partial charge in [0.2, 0.25) is 0 Å². The first kappa shape index (κ1) is 14.9. The molecule has 1 aliphatic rings. The minimum atomic E-state index is 0.229. The van der Waals surface area contributed by atoms with Crippen molar-refractivity contribution in [3.05, 3.63) is 16.1 Å². The topological polar surface area (TPSA) is 28.2 Å². The molecule has 1 saturated heterocycles. The Balaban J connectivity index is 1.92. The monoisotopic (exact) mass is 281 g/mol. The van der Waals surface area contributed by atoms with Crippen LogP contribution in [0.5, 0.6) is 0 Å². The highest BCUT2D eigenvalue weighted by Crippen LogP contribution is 2.28. The summed E-state index contributed by atoms with van der Waals surface area (Å²) in [4.78, 5) is 8.57. The Kier molecular flexibility index (Phi) is 4.98. The van der Waals surface area contributed by atoms with Crippen LogP contribution in [0.15, 0.2) is 6.20 Å². The third kappa shape index (κ3) is 4.26. The smallest absolute Gasteiger partial charge is 0.107 e. The van der Waals surface area contributed by atoms with E-state index in [4.69, 9.17) is 0 Å². The lowest BCUT2D eigenvalue weighted by atomic mass is 9.96. The highest BCUT2D eigenvalue weighted by molar-refractivity contribution is 7.11. The number of nitrogens with one attached hydrogen (secondary N) is 1. The largest absolute Gasteiger partial charge is 0.319 e. The maximum absolute atomic E-state index is 4.61. The molecule has 0 aromatic carbocycles. The summed E-state index contributed by atoms with van der Waals surface area (Å²) in [6.45, 7) is 11.4. The molecule has 0 saturated carbocycles. The van der Waals surface area contributed by atoms with E-state index >= 15 is 0 Å². The van der Waals surface area contributed by atoms with E-state index in [2.05, 4.69) is 49.2 Å². The maximum Gasteiger partial charge on any atom is 0.107 e. The predicted octanol–water partition coefficient (Wildman–Crippen LogP) is 2.87. The zero-order valence-electron chi connectivity index (χ0n) is 12.7. The first-order valence-electron chi connectivity index (χ1n) is 7.31. The fraction of sp³-hybridized carbons (Fsp3) is 0.800. The van der Waals surface area contributed by atoms with Crippen molar-refractivity contribution in [2.24, 2.45) is 5.92 Å².